The molecule has 0 aliphatic rings. The van der Waals surface area contributed by atoms with Crippen molar-refractivity contribution in [2.45, 2.75) is 13.0 Å². The number of hydrogen-bond acceptors (Lipinski definition) is 5. The van der Waals surface area contributed by atoms with Gasteiger partial charge in [0.2, 0.25) is 0 Å². The van der Waals surface area contributed by atoms with Crippen LogP contribution in [0.3, 0.4) is 0 Å². The molecule has 126 valence electrons. The summed E-state index contributed by atoms with van der Waals surface area (Å²) in [5.74, 6) is -0.289. The summed E-state index contributed by atoms with van der Waals surface area (Å²) in [7, 11) is 0. The van der Waals surface area contributed by atoms with E-state index in [1.807, 2.05) is 31.2 Å². The molecule has 2 aromatic carbocycles. The number of nitrogens with one attached hydrogen (secondary N) is 1. The molecule has 3 aromatic rings. The van der Waals surface area contributed by atoms with Crippen molar-refractivity contribution in [2.75, 3.05) is 0 Å². The third kappa shape index (κ3) is 3.69. The third-order valence-electron chi connectivity index (χ3n) is 3.76. The number of carbonyl (C=O) groups is 1. The first-order valence-corrected chi connectivity index (χ1v) is 7.55. The lowest BCUT2D eigenvalue weighted by atomic mass is 10.1. The smallest absolute Gasteiger partial charge is 0.269 e. The first kappa shape index (κ1) is 16.3. The van der Waals surface area contributed by atoms with Gasteiger partial charge in [-0.05, 0) is 36.8 Å². The third-order valence-corrected chi connectivity index (χ3v) is 3.76. The number of benzene rings is 2. The van der Waals surface area contributed by atoms with Crippen LogP contribution in [0.2, 0.25) is 0 Å². The molecule has 0 radical (unpaired) electrons. The molecule has 1 amide bonds. The molecule has 0 unspecified atom stereocenters. The molecule has 0 aliphatic heterocycles. The number of nitrogens with zero attached hydrogens (tertiary/aromatic N) is 4. The van der Waals surface area contributed by atoms with E-state index in [0.717, 1.165) is 11.3 Å². The number of hydrogen-bond donors (Lipinski definition) is 1. The van der Waals surface area contributed by atoms with Crippen molar-refractivity contribution in [1.82, 2.24) is 20.1 Å². The molecule has 1 aromatic heterocycles. The van der Waals surface area contributed by atoms with E-state index in [1.165, 1.54) is 30.6 Å². The van der Waals surface area contributed by atoms with E-state index in [-0.39, 0.29) is 17.6 Å². The maximum absolute atomic E-state index is 12.3. The average molecular weight is 337 g/mol. The van der Waals surface area contributed by atoms with Crippen LogP contribution in [0.4, 0.5) is 5.69 Å². The van der Waals surface area contributed by atoms with Gasteiger partial charge in [0.25, 0.3) is 11.6 Å². The fourth-order valence-corrected chi connectivity index (χ4v) is 2.36. The quantitative estimate of drug-likeness (QED) is 0.569. The number of rotatable bonds is 5. The highest BCUT2D eigenvalue weighted by Gasteiger charge is 2.13. The number of non-ortho nitro benzene ring substituents is 1. The molecule has 8 nitrogen and oxygen atoms in total. The average Bonchev–Trinajstić information content (AvgIpc) is 3.16. The summed E-state index contributed by atoms with van der Waals surface area (Å²) in [4.78, 5) is 26.3. The predicted octanol–water partition coefficient (Wildman–Crippen LogP) is 2.67. The Morgan fingerprint density at radius 2 is 1.84 bits per heavy atom. The van der Waals surface area contributed by atoms with Crippen molar-refractivity contribution in [2.24, 2.45) is 0 Å². The van der Waals surface area contributed by atoms with Gasteiger partial charge in [-0.25, -0.2) is 9.67 Å². The number of aromatic nitrogens is 3. The van der Waals surface area contributed by atoms with Gasteiger partial charge in [0.05, 0.1) is 16.7 Å². The Bertz CT molecular complexity index is 874. The molecule has 0 bridgehead atoms. The van der Waals surface area contributed by atoms with Gasteiger partial charge in [0.15, 0.2) is 0 Å². The van der Waals surface area contributed by atoms with Gasteiger partial charge >= 0.3 is 0 Å². The molecule has 25 heavy (non-hydrogen) atoms. The maximum atomic E-state index is 12.3. The Kier molecular flexibility index (Phi) is 4.51. The molecule has 3 rings (SSSR count). The SMILES string of the molecule is C[C@@H](NC(=O)c1ccc([N+](=O)[O-])cc1)c1ccc(-n2cncn2)cc1. The first-order chi connectivity index (χ1) is 12.0. The van der Waals surface area contributed by atoms with Gasteiger partial charge in [-0.3, -0.25) is 14.9 Å². The lowest BCUT2D eigenvalue weighted by Crippen LogP contribution is -2.26. The van der Waals surface area contributed by atoms with E-state index in [0.29, 0.717) is 5.56 Å². The van der Waals surface area contributed by atoms with Gasteiger partial charge in [-0.1, -0.05) is 12.1 Å². The van der Waals surface area contributed by atoms with Crippen molar-refractivity contribution in [3.63, 3.8) is 0 Å². The molecule has 1 atom stereocenters. The Morgan fingerprint density at radius 1 is 1.16 bits per heavy atom. The minimum atomic E-state index is -0.499. The minimum absolute atomic E-state index is 0.0479. The van der Waals surface area contributed by atoms with Crippen LogP contribution in [0.25, 0.3) is 5.69 Å². The zero-order valence-electron chi connectivity index (χ0n) is 13.4. The van der Waals surface area contributed by atoms with Gasteiger partial charge in [-0.2, -0.15) is 5.10 Å². The number of carbonyl (C=O) groups excluding carboxylic acids is 1. The Hall–Kier alpha value is -3.55. The zero-order valence-corrected chi connectivity index (χ0v) is 13.4. The van der Waals surface area contributed by atoms with E-state index >= 15 is 0 Å². The van der Waals surface area contributed by atoms with Gasteiger partial charge in [0, 0.05) is 17.7 Å². The Labute approximate surface area is 143 Å². The zero-order chi connectivity index (χ0) is 17.8. The number of amides is 1. The van der Waals surface area contributed by atoms with Crippen LogP contribution in [-0.4, -0.2) is 25.6 Å². The summed E-state index contributed by atoms with van der Waals surface area (Å²) in [5.41, 5.74) is 2.12. The molecule has 0 saturated heterocycles. The second-order valence-electron chi connectivity index (χ2n) is 5.43. The van der Waals surface area contributed by atoms with Crippen molar-refractivity contribution in [3.8, 4) is 5.69 Å². The Morgan fingerprint density at radius 3 is 2.40 bits per heavy atom. The van der Waals surface area contributed by atoms with E-state index in [2.05, 4.69) is 15.4 Å². The van der Waals surface area contributed by atoms with Crippen molar-refractivity contribution in [3.05, 3.63) is 82.4 Å². The van der Waals surface area contributed by atoms with E-state index in [4.69, 9.17) is 0 Å². The summed E-state index contributed by atoms with van der Waals surface area (Å²) in [6, 6.07) is 12.9. The highest BCUT2D eigenvalue weighted by molar-refractivity contribution is 5.94. The second-order valence-corrected chi connectivity index (χ2v) is 5.43. The monoisotopic (exact) mass is 337 g/mol. The first-order valence-electron chi connectivity index (χ1n) is 7.55. The van der Waals surface area contributed by atoms with Gasteiger partial charge in [-0.15, -0.1) is 0 Å². The van der Waals surface area contributed by atoms with Crippen molar-refractivity contribution in [1.29, 1.82) is 0 Å². The van der Waals surface area contributed by atoms with Crippen LogP contribution in [0.1, 0.15) is 28.9 Å². The van der Waals surface area contributed by atoms with Crippen LogP contribution in [0.15, 0.2) is 61.2 Å². The number of nitro groups is 1. The van der Waals surface area contributed by atoms with E-state index < -0.39 is 4.92 Å². The summed E-state index contributed by atoms with van der Waals surface area (Å²) in [6.45, 7) is 1.87. The van der Waals surface area contributed by atoms with Crippen LogP contribution >= 0.6 is 0 Å². The summed E-state index contributed by atoms with van der Waals surface area (Å²) < 4.78 is 1.64. The summed E-state index contributed by atoms with van der Waals surface area (Å²) in [6.07, 6.45) is 3.07. The molecule has 1 heterocycles. The fourth-order valence-electron chi connectivity index (χ4n) is 2.36. The summed E-state index contributed by atoms with van der Waals surface area (Å²) in [5, 5.41) is 17.6. The van der Waals surface area contributed by atoms with Crippen LogP contribution in [0, 0.1) is 10.1 Å². The molecular weight excluding hydrogens is 322 g/mol. The van der Waals surface area contributed by atoms with Crippen LogP contribution < -0.4 is 5.32 Å². The molecule has 1 N–H and O–H groups in total. The Balaban J connectivity index is 1.67. The molecule has 8 heteroatoms. The fraction of sp³-hybridized carbons (Fsp3) is 0.118. The van der Waals surface area contributed by atoms with Gasteiger partial charge in [0.1, 0.15) is 12.7 Å². The summed E-state index contributed by atoms with van der Waals surface area (Å²) >= 11 is 0. The molecular formula is C17H15N5O3. The second kappa shape index (κ2) is 6.91. The molecule has 0 spiro atoms. The van der Waals surface area contributed by atoms with Crippen molar-refractivity contribution >= 4 is 11.6 Å². The molecule has 0 saturated carbocycles. The largest absolute Gasteiger partial charge is 0.346 e. The highest BCUT2D eigenvalue weighted by Crippen LogP contribution is 2.17. The van der Waals surface area contributed by atoms with Crippen LogP contribution in [-0.2, 0) is 0 Å². The highest BCUT2D eigenvalue weighted by atomic mass is 16.6. The lowest BCUT2D eigenvalue weighted by Gasteiger charge is -2.15. The topological polar surface area (TPSA) is 103 Å². The normalized spacial score (nSPS) is 11.7. The lowest BCUT2D eigenvalue weighted by molar-refractivity contribution is -0.384. The number of nitro benzene ring substituents is 1. The predicted molar refractivity (Wildman–Crippen MR) is 90.3 cm³/mol. The van der Waals surface area contributed by atoms with E-state index in [1.54, 1.807) is 11.0 Å². The molecule has 0 fully saturated rings. The molecule has 0 aliphatic carbocycles. The van der Waals surface area contributed by atoms with E-state index in [9.17, 15) is 14.9 Å². The maximum Gasteiger partial charge on any atom is 0.269 e. The van der Waals surface area contributed by atoms with Crippen LogP contribution in [0.5, 0.6) is 0 Å². The standard InChI is InChI=1S/C17H15N5O3/c1-12(13-2-6-15(7-3-13)21-11-18-10-19-21)20-17(23)14-4-8-16(9-5-14)22(24)25/h2-12H,1H3,(H,20,23)/t12-/m1/s1. The minimum Gasteiger partial charge on any atom is -0.346 e. The van der Waals surface area contributed by atoms with Crippen molar-refractivity contribution < 1.29 is 9.72 Å². The van der Waals surface area contributed by atoms with Gasteiger partial charge < -0.3 is 5.32 Å².